The molecule has 0 amide bonds. The maximum absolute atomic E-state index is 14.6. The first-order chi connectivity index (χ1) is 15.3. The molecule has 7 nitrogen and oxygen atoms in total. The third-order valence-electron chi connectivity index (χ3n) is 7.35. The van der Waals surface area contributed by atoms with Gasteiger partial charge in [-0.1, -0.05) is 6.92 Å². The van der Waals surface area contributed by atoms with Crippen LogP contribution < -0.4 is 5.56 Å². The molecule has 3 aromatic rings. The molecular formula is C24H21FN2O5. The number of halogens is 1. The molecule has 2 aromatic heterocycles. The van der Waals surface area contributed by atoms with Gasteiger partial charge in [-0.05, 0) is 48.9 Å². The molecule has 32 heavy (non-hydrogen) atoms. The summed E-state index contributed by atoms with van der Waals surface area (Å²) >= 11 is 0. The third kappa shape index (κ3) is 2.23. The van der Waals surface area contributed by atoms with Crippen molar-refractivity contribution in [1.82, 2.24) is 9.55 Å². The second-order valence-corrected chi connectivity index (χ2v) is 8.87. The number of aliphatic hydroxyl groups is 2. The summed E-state index contributed by atoms with van der Waals surface area (Å²) in [6.07, 6.45) is 0.322. The van der Waals surface area contributed by atoms with Gasteiger partial charge in [-0.15, -0.1) is 0 Å². The summed E-state index contributed by atoms with van der Waals surface area (Å²) in [5.74, 6) is -1.14. The summed E-state index contributed by atoms with van der Waals surface area (Å²) in [4.78, 5) is 30.4. The number of pyridine rings is 2. The number of aromatic nitrogens is 2. The number of carbonyl (C=O) groups excluding carboxylic acids is 1. The van der Waals surface area contributed by atoms with E-state index in [1.165, 1.54) is 10.6 Å². The van der Waals surface area contributed by atoms with Crippen molar-refractivity contribution in [3.63, 3.8) is 0 Å². The number of aliphatic hydroxyl groups excluding tert-OH is 1. The van der Waals surface area contributed by atoms with E-state index >= 15 is 0 Å². The summed E-state index contributed by atoms with van der Waals surface area (Å²) in [5, 5.41) is 22.7. The maximum Gasteiger partial charge on any atom is 0.343 e. The van der Waals surface area contributed by atoms with E-state index in [2.05, 4.69) is 0 Å². The molecule has 0 saturated carbocycles. The largest absolute Gasteiger partial charge is 0.458 e. The molecule has 3 aliphatic rings. The molecule has 164 valence electrons. The number of esters is 1. The Hall–Kier alpha value is -3.10. The molecule has 2 aliphatic heterocycles. The third-order valence-corrected chi connectivity index (χ3v) is 7.35. The fourth-order valence-electron chi connectivity index (χ4n) is 5.53. The van der Waals surface area contributed by atoms with Gasteiger partial charge in [-0.25, -0.2) is 14.2 Å². The molecule has 4 heterocycles. The number of nitrogens with zero attached hydrogens (tertiary/aromatic N) is 2. The van der Waals surface area contributed by atoms with Gasteiger partial charge >= 0.3 is 5.97 Å². The van der Waals surface area contributed by atoms with Crippen molar-refractivity contribution in [2.24, 2.45) is 0 Å². The molecule has 1 aliphatic carbocycles. The summed E-state index contributed by atoms with van der Waals surface area (Å²) in [6, 6.07) is 2.99. The molecule has 0 saturated heterocycles. The first-order valence-corrected chi connectivity index (χ1v) is 10.8. The monoisotopic (exact) mass is 436 g/mol. The molecule has 1 aromatic carbocycles. The zero-order valence-electron chi connectivity index (χ0n) is 17.7. The fraction of sp³-hybridized carbons (Fsp3) is 0.375. The van der Waals surface area contributed by atoms with E-state index in [9.17, 15) is 24.2 Å². The van der Waals surface area contributed by atoms with Crippen molar-refractivity contribution in [3.05, 3.63) is 61.7 Å². The molecule has 2 N–H and O–H groups in total. The Morgan fingerprint density at radius 3 is 2.81 bits per heavy atom. The van der Waals surface area contributed by atoms with Crippen molar-refractivity contribution in [2.45, 2.75) is 58.0 Å². The first kappa shape index (κ1) is 19.6. The van der Waals surface area contributed by atoms with Gasteiger partial charge in [0, 0.05) is 22.6 Å². The molecule has 0 fully saturated rings. The highest BCUT2D eigenvalue weighted by molar-refractivity contribution is 5.93. The normalized spacial score (nSPS) is 23.0. The Balaban J connectivity index is 1.70. The number of fused-ring (bicyclic) bond motifs is 5. The number of ether oxygens (including phenoxy) is 1. The highest BCUT2D eigenvalue weighted by Crippen LogP contribution is 2.45. The van der Waals surface area contributed by atoms with Crippen molar-refractivity contribution in [2.75, 3.05) is 0 Å². The van der Waals surface area contributed by atoms with Crippen LogP contribution in [0.3, 0.4) is 0 Å². The Bertz CT molecular complexity index is 1440. The number of cyclic esters (lactones) is 1. The smallest absolute Gasteiger partial charge is 0.343 e. The van der Waals surface area contributed by atoms with Gasteiger partial charge in [-0.3, -0.25) is 4.79 Å². The zero-order chi connectivity index (χ0) is 22.5. The summed E-state index contributed by atoms with van der Waals surface area (Å²) in [7, 11) is 0. The molecule has 2 atom stereocenters. The predicted octanol–water partition coefficient (Wildman–Crippen LogP) is 2.51. The quantitative estimate of drug-likeness (QED) is 0.445. The van der Waals surface area contributed by atoms with Crippen molar-refractivity contribution < 1.29 is 24.1 Å². The zero-order valence-corrected chi connectivity index (χ0v) is 17.7. The fourth-order valence-corrected chi connectivity index (χ4v) is 5.53. The van der Waals surface area contributed by atoms with E-state index in [0.717, 1.165) is 16.5 Å². The lowest BCUT2D eigenvalue weighted by Crippen LogP contribution is -2.44. The lowest BCUT2D eigenvalue weighted by Gasteiger charge is -2.31. The van der Waals surface area contributed by atoms with Gasteiger partial charge < -0.3 is 19.5 Å². The van der Waals surface area contributed by atoms with Gasteiger partial charge in [0.1, 0.15) is 12.4 Å². The molecule has 0 spiro atoms. The second-order valence-electron chi connectivity index (χ2n) is 8.87. The highest BCUT2D eigenvalue weighted by atomic mass is 19.1. The van der Waals surface area contributed by atoms with Gasteiger partial charge in [-0.2, -0.15) is 0 Å². The summed E-state index contributed by atoms with van der Waals surface area (Å²) in [5.41, 5.74) is 2.36. The molecule has 0 bridgehead atoms. The Morgan fingerprint density at radius 2 is 2.06 bits per heavy atom. The molecule has 6 rings (SSSR count). The van der Waals surface area contributed by atoms with E-state index in [1.807, 2.05) is 0 Å². The number of aryl methyl sites for hydroxylation is 1. The van der Waals surface area contributed by atoms with Gasteiger partial charge in [0.05, 0.1) is 35.1 Å². The van der Waals surface area contributed by atoms with Crippen molar-refractivity contribution >= 4 is 16.9 Å². The van der Waals surface area contributed by atoms with Crippen LogP contribution in [0.25, 0.3) is 22.3 Å². The number of hydrogen-bond donors (Lipinski definition) is 2. The lowest BCUT2D eigenvalue weighted by atomic mass is 9.83. The van der Waals surface area contributed by atoms with Gasteiger partial charge in [0.2, 0.25) is 0 Å². The van der Waals surface area contributed by atoms with Crippen LogP contribution >= 0.6 is 0 Å². The van der Waals surface area contributed by atoms with Crippen LogP contribution in [0.15, 0.2) is 16.9 Å². The van der Waals surface area contributed by atoms with Crippen LogP contribution in [0, 0.1) is 12.7 Å². The van der Waals surface area contributed by atoms with Gasteiger partial charge in [0.15, 0.2) is 5.60 Å². The van der Waals surface area contributed by atoms with E-state index in [1.54, 1.807) is 19.9 Å². The molecule has 8 heteroatoms. The van der Waals surface area contributed by atoms with Gasteiger partial charge in [0.25, 0.3) is 5.56 Å². The second kappa shape index (κ2) is 6.24. The summed E-state index contributed by atoms with van der Waals surface area (Å²) in [6.45, 7) is 3.38. The SMILES string of the molecule is CC[C@@]1(O)C(=O)OCc2c1cc1n(c2=O)Cc2c-1nc1cc(F)c(C)c3c1c2C(O)CC3. The molecule has 0 radical (unpaired) electrons. The Morgan fingerprint density at radius 1 is 1.28 bits per heavy atom. The topological polar surface area (TPSA) is 102 Å². The lowest BCUT2D eigenvalue weighted by molar-refractivity contribution is -0.172. The number of benzene rings is 1. The van der Waals surface area contributed by atoms with Crippen molar-refractivity contribution in [3.8, 4) is 11.4 Å². The van der Waals surface area contributed by atoms with Crippen LogP contribution in [0.4, 0.5) is 4.39 Å². The molecule has 1 unspecified atom stereocenters. The minimum absolute atomic E-state index is 0.0531. The standard InChI is InChI=1S/C24H21FN2O5/c1-3-24(31)14-6-17-21-12(8-27(17)22(29)13(14)9-32-23(24)30)20-18(28)5-4-11-10(2)15(25)7-16(26-21)19(11)20/h6-7,18,28,31H,3-5,8-9H2,1-2H3/t18?,24-/m0/s1. The maximum atomic E-state index is 14.6. The van der Waals surface area contributed by atoms with E-state index in [4.69, 9.17) is 9.72 Å². The average Bonchev–Trinajstić information content (AvgIpc) is 3.14. The Kier molecular flexibility index (Phi) is 3.81. The Labute approximate surface area is 182 Å². The van der Waals surface area contributed by atoms with Crippen LogP contribution in [-0.2, 0) is 34.7 Å². The minimum atomic E-state index is -1.91. The summed E-state index contributed by atoms with van der Waals surface area (Å²) < 4.78 is 21.3. The van der Waals surface area contributed by atoms with Crippen LogP contribution in [-0.4, -0.2) is 25.7 Å². The van der Waals surface area contributed by atoms with Crippen LogP contribution in [0.5, 0.6) is 0 Å². The minimum Gasteiger partial charge on any atom is -0.458 e. The van der Waals surface area contributed by atoms with E-state index < -0.39 is 17.7 Å². The molecular weight excluding hydrogens is 415 g/mol. The highest BCUT2D eigenvalue weighted by Gasteiger charge is 2.45. The number of hydrogen-bond acceptors (Lipinski definition) is 6. The van der Waals surface area contributed by atoms with E-state index in [0.29, 0.717) is 40.9 Å². The van der Waals surface area contributed by atoms with Crippen molar-refractivity contribution in [1.29, 1.82) is 0 Å². The first-order valence-electron chi connectivity index (χ1n) is 10.8. The average molecular weight is 436 g/mol. The van der Waals surface area contributed by atoms with Crippen LogP contribution in [0.2, 0.25) is 0 Å². The van der Waals surface area contributed by atoms with E-state index in [-0.39, 0.29) is 42.1 Å². The number of carbonyl (C=O) groups is 1. The predicted molar refractivity (Wildman–Crippen MR) is 113 cm³/mol. The number of rotatable bonds is 1. The van der Waals surface area contributed by atoms with Crippen LogP contribution in [0.1, 0.15) is 59.3 Å².